The van der Waals surface area contributed by atoms with Gasteiger partial charge in [0, 0.05) is 25.9 Å². The smallest absolute Gasteiger partial charge is 0.376 e. The summed E-state index contributed by atoms with van der Waals surface area (Å²) in [5.74, 6) is -0.765. The largest absolute Gasteiger partial charge is 0.416 e. The van der Waals surface area contributed by atoms with Crippen LogP contribution >= 0.6 is 11.6 Å². The van der Waals surface area contributed by atoms with E-state index in [1.807, 2.05) is 0 Å². The second-order valence-electron chi connectivity index (χ2n) is 6.00. The molecule has 0 unspecified atom stereocenters. The lowest BCUT2D eigenvalue weighted by atomic mass is 10.1. The average Bonchev–Trinajstić information content (AvgIpc) is 2.52. The summed E-state index contributed by atoms with van der Waals surface area (Å²) in [6, 6.07) is 6.58. The average molecular weight is 421 g/mol. The molecule has 0 aromatic heterocycles. The maximum absolute atomic E-state index is 13.0. The molecule has 0 heterocycles. The predicted molar refractivity (Wildman–Crippen MR) is 98.3 cm³/mol. The van der Waals surface area contributed by atoms with Crippen LogP contribution in [0.2, 0.25) is 5.02 Å². The molecule has 5 nitrogen and oxygen atoms in total. The molecule has 0 fully saturated rings. The molecule has 2 aromatic carbocycles. The van der Waals surface area contributed by atoms with Crippen LogP contribution in [0.3, 0.4) is 0 Å². The van der Waals surface area contributed by atoms with Crippen molar-refractivity contribution in [3.63, 3.8) is 0 Å². The number of nitrogens with one attached hydrogen (secondary N) is 1. The van der Waals surface area contributed by atoms with Gasteiger partial charge in [-0.3, -0.25) is 4.79 Å². The number of halogens is 4. The first-order chi connectivity index (χ1) is 12.3. The van der Waals surface area contributed by atoms with Crippen molar-refractivity contribution < 1.29 is 26.4 Å². The molecule has 0 atom stereocenters. The van der Waals surface area contributed by atoms with Gasteiger partial charge in [0.05, 0.1) is 26.9 Å². The van der Waals surface area contributed by atoms with Gasteiger partial charge in [-0.2, -0.15) is 13.2 Å². The molecule has 1 amide bonds. The number of carbonyl (C=O) groups is 1. The molecular weight excluding hydrogens is 405 g/mol. The van der Waals surface area contributed by atoms with E-state index in [1.165, 1.54) is 18.2 Å². The van der Waals surface area contributed by atoms with Crippen molar-refractivity contribution >= 4 is 38.7 Å². The van der Waals surface area contributed by atoms with Gasteiger partial charge < -0.3 is 10.2 Å². The Morgan fingerprint density at radius 2 is 1.74 bits per heavy atom. The second-order valence-corrected chi connectivity index (χ2v) is 8.39. The molecule has 2 aromatic rings. The molecule has 0 saturated carbocycles. The highest BCUT2D eigenvalue weighted by molar-refractivity contribution is 7.90. The highest BCUT2D eigenvalue weighted by atomic mass is 35.5. The quantitative estimate of drug-likeness (QED) is 0.809. The van der Waals surface area contributed by atoms with E-state index in [-0.39, 0.29) is 21.2 Å². The number of sulfone groups is 1. The Morgan fingerprint density at radius 3 is 2.26 bits per heavy atom. The number of hydrogen-bond donors (Lipinski definition) is 1. The van der Waals surface area contributed by atoms with E-state index in [4.69, 9.17) is 11.6 Å². The van der Waals surface area contributed by atoms with E-state index in [9.17, 15) is 26.4 Å². The molecule has 27 heavy (non-hydrogen) atoms. The monoisotopic (exact) mass is 420 g/mol. The van der Waals surface area contributed by atoms with E-state index in [1.54, 1.807) is 19.0 Å². The number of rotatable bonds is 4. The van der Waals surface area contributed by atoms with Crippen LogP contribution in [0, 0.1) is 0 Å². The Hall–Kier alpha value is -2.26. The zero-order valence-corrected chi connectivity index (χ0v) is 16.1. The van der Waals surface area contributed by atoms with E-state index < -0.39 is 27.5 Å². The molecule has 10 heteroatoms. The number of amides is 1. The molecule has 0 bridgehead atoms. The number of hydrogen-bond acceptors (Lipinski definition) is 4. The minimum absolute atomic E-state index is 0.0536. The molecule has 1 N–H and O–H groups in total. The maximum atomic E-state index is 13.0. The molecule has 146 valence electrons. The van der Waals surface area contributed by atoms with Gasteiger partial charge in [0.25, 0.3) is 5.91 Å². The lowest BCUT2D eigenvalue weighted by Gasteiger charge is -2.20. The number of nitrogens with zero attached hydrogens (tertiary/aromatic N) is 1. The van der Waals surface area contributed by atoms with Crippen LogP contribution in [0.5, 0.6) is 0 Å². The van der Waals surface area contributed by atoms with Crippen molar-refractivity contribution in [2.24, 2.45) is 0 Å². The van der Waals surface area contributed by atoms with Crippen molar-refractivity contribution in [3.8, 4) is 0 Å². The van der Waals surface area contributed by atoms with Gasteiger partial charge in [-0.15, -0.1) is 0 Å². The highest BCUT2D eigenvalue weighted by Gasteiger charge is 2.31. The summed E-state index contributed by atoms with van der Waals surface area (Å²) in [5.41, 5.74) is -0.678. The number of benzene rings is 2. The summed E-state index contributed by atoms with van der Waals surface area (Å²) >= 11 is 5.84. The number of alkyl halides is 3. The summed E-state index contributed by atoms with van der Waals surface area (Å²) < 4.78 is 62.4. The summed E-state index contributed by atoms with van der Waals surface area (Å²) in [7, 11) is -0.452. The number of anilines is 2. The molecule has 0 saturated heterocycles. The van der Waals surface area contributed by atoms with Crippen LogP contribution in [0.1, 0.15) is 15.9 Å². The normalized spacial score (nSPS) is 12.0. The van der Waals surface area contributed by atoms with Gasteiger partial charge in [-0.05, 0) is 36.4 Å². The first-order valence-electron chi connectivity index (χ1n) is 7.50. The van der Waals surface area contributed by atoms with Crippen molar-refractivity contribution in [1.29, 1.82) is 0 Å². The SMILES string of the molecule is CN(C)c1ccc(C(F)(F)F)cc1NC(=O)c1ccc(Cl)c(S(C)(=O)=O)c1. The summed E-state index contributed by atoms with van der Waals surface area (Å²) in [6.07, 6.45) is -3.64. The lowest BCUT2D eigenvalue weighted by molar-refractivity contribution is -0.137. The van der Waals surface area contributed by atoms with Gasteiger partial charge in [0.2, 0.25) is 0 Å². The molecule has 2 rings (SSSR count). The molecule has 0 aliphatic heterocycles. The van der Waals surface area contributed by atoms with Crippen LogP contribution < -0.4 is 10.2 Å². The van der Waals surface area contributed by atoms with Crippen LogP contribution in [0.15, 0.2) is 41.3 Å². The zero-order valence-electron chi connectivity index (χ0n) is 14.6. The third kappa shape index (κ3) is 4.92. The van der Waals surface area contributed by atoms with Gasteiger partial charge in [-0.1, -0.05) is 11.6 Å². The Bertz CT molecular complexity index is 989. The maximum Gasteiger partial charge on any atom is 0.416 e. The third-order valence-corrected chi connectivity index (χ3v) is 5.23. The van der Waals surface area contributed by atoms with Crippen molar-refractivity contribution in [2.75, 3.05) is 30.6 Å². The Labute approximate surface area is 159 Å². The molecular formula is C17H16ClF3N2O3S. The van der Waals surface area contributed by atoms with E-state index in [0.717, 1.165) is 24.5 Å². The van der Waals surface area contributed by atoms with E-state index in [2.05, 4.69) is 5.32 Å². The van der Waals surface area contributed by atoms with E-state index >= 15 is 0 Å². The highest BCUT2D eigenvalue weighted by Crippen LogP contribution is 2.35. The zero-order chi connectivity index (χ0) is 20.6. The summed E-state index contributed by atoms with van der Waals surface area (Å²) in [4.78, 5) is 13.8. The first-order valence-corrected chi connectivity index (χ1v) is 9.77. The minimum Gasteiger partial charge on any atom is -0.376 e. The lowest BCUT2D eigenvalue weighted by Crippen LogP contribution is -2.18. The third-order valence-electron chi connectivity index (χ3n) is 3.65. The molecule has 0 aliphatic carbocycles. The van der Waals surface area contributed by atoms with Crippen LogP contribution in [-0.4, -0.2) is 34.7 Å². The van der Waals surface area contributed by atoms with Crippen LogP contribution in [-0.2, 0) is 16.0 Å². The molecule has 0 aliphatic rings. The summed E-state index contributed by atoms with van der Waals surface area (Å²) in [5, 5.41) is 2.35. The van der Waals surface area contributed by atoms with Crippen molar-refractivity contribution in [1.82, 2.24) is 0 Å². The van der Waals surface area contributed by atoms with E-state index in [0.29, 0.717) is 5.69 Å². The van der Waals surface area contributed by atoms with Crippen molar-refractivity contribution in [3.05, 3.63) is 52.5 Å². The fraction of sp³-hybridized carbons (Fsp3) is 0.235. The fourth-order valence-electron chi connectivity index (χ4n) is 2.33. The van der Waals surface area contributed by atoms with Crippen LogP contribution in [0.4, 0.5) is 24.5 Å². The van der Waals surface area contributed by atoms with Gasteiger partial charge in [0.15, 0.2) is 9.84 Å². The Kier molecular flexibility index (Phi) is 5.77. The Balaban J connectivity index is 2.46. The van der Waals surface area contributed by atoms with Crippen molar-refractivity contribution in [2.45, 2.75) is 11.1 Å². The van der Waals surface area contributed by atoms with Crippen LogP contribution in [0.25, 0.3) is 0 Å². The van der Waals surface area contributed by atoms with Gasteiger partial charge in [0.1, 0.15) is 0 Å². The Morgan fingerprint density at radius 1 is 1.11 bits per heavy atom. The topological polar surface area (TPSA) is 66.5 Å². The van der Waals surface area contributed by atoms with Gasteiger partial charge >= 0.3 is 6.18 Å². The fourth-order valence-corrected chi connectivity index (χ4v) is 3.63. The standard InChI is InChI=1S/C17H16ClF3N2O3S/c1-23(2)14-7-5-11(17(19,20)21)9-13(14)22-16(24)10-4-6-12(18)15(8-10)27(3,25)26/h4-9H,1-3H3,(H,22,24). The minimum atomic E-state index is -4.58. The predicted octanol–water partition coefficient (Wildman–Crippen LogP) is 4.08. The molecule has 0 radical (unpaired) electrons. The first kappa shape index (κ1) is 21.0. The second kappa shape index (κ2) is 7.40. The molecule has 0 spiro atoms. The summed E-state index contributed by atoms with van der Waals surface area (Å²) in [6.45, 7) is 0. The van der Waals surface area contributed by atoms with Gasteiger partial charge in [-0.25, -0.2) is 8.42 Å². The number of carbonyl (C=O) groups excluding carboxylic acids is 1.